The van der Waals surface area contributed by atoms with Crippen LogP contribution >= 0.6 is 0 Å². The van der Waals surface area contributed by atoms with Crippen molar-refractivity contribution in [3.63, 3.8) is 0 Å². The fourth-order valence-corrected chi connectivity index (χ4v) is 4.10. The molecule has 0 unspecified atom stereocenters. The highest BCUT2D eigenvalue weighted by molar-refractivity contribution is 6.01. The number of fused-ring (bicyclic) bond motifs is 3. The first kappa shape index (κ1) is 16.1. The van der Waals surface area contributed by atoms with Crippen LogP contribution in [0.1, 0.15) is 24.4 Å². The van der Waals surface area contributed by atoms with Gasteiger partial charge in [0.15, 0.2) is 0 Å². The fraction of sp³-hybridized carbons (Fsp3) is 0.286. The number of nitrogens with one attached hydrogen (secondary N) is 1. The summed E-state index contributed by atoms with van der Waals surface area (Å²) in [6, 6.07) is 12.3. The summed E-state index contributed by atoms with van der Waals surface area (Å²) in [6.45, 7) is 1.56. The summed E-state index contributed by atoms with van der Waals surface area (Å²) in [6.07, 6.45) is 8.14. The Hall–Kier alpha value is -3.15. The number of nitrogens with zero attached hydrogens (tertiary/aromatic N) is 4. The van der Waals surface area contributed by atoms with Crippen LogP contribution in [-0.4, -0.2) is 43.4 Å². The lowest BCUT2D eigenvalue weighted by atomic mass is 10.0. The van der Waals surface area contributed by atoms with E-state index in [1.165, 1.54) is 0 Å². The minimum atomic E-state index is 0.198. The molecule has 1 saturated heterocycles. The van der Waals surface area contributed by atoms with Gasteiger partial charge in [0.25, 0.3) is 0 Å². The third-order valence-corrected chi connectivity index (χ3v) is 5.46. The number of H-pyrrole nitrogens is 1. The van der Waals surface area contributed by atoms with Crippen LogP contribution in [0.4, 0.5) is 0 Å². The lowest BCUT2D eigenvalue weighted by Crippen LogP contribution is -2.41. The second-order valence-corrected chi connectivity index (χ2v) is 7.18. The van der Waals surface area contributed by atoms with Crippen molar-refractivity contribution in [3.8, 4) is 0 Å². The second kappa shape index (κ2) is 6.54. The first-order chi connectivity index (χ1) is 13.3. The number of piperidine rings is 1. The topological polar surface area (TPSA) is 66.8 Å². The Morgan fingerprint density at radius 3 is 2.96 bits per heavy atom. The third-order valence-electron chi connectivity index (χ3n) is 5.46. The van der Waals surface area contributed by atoms with Crippen molar-refractivity contribution in [3.05, 3.63) is 60.7 Å². The largest absolute Gasteiger partial charge is 0.346 e. The summed E-state index contributed by atoms with van der Waals surface area (Å²) >= 11 is 0. The molecule has 0 aliphatic carbocycles. The number of imidazole rings is 1. The number of benzene rings is 1. The minimum Gasteiger partial charge on any atom is -0.346 e. The van der Waals surface area contributed by atoms with Gasteiger partial charge < -0.3 is 14.5 Å². The molecule has 1 fully saturated rings. The van der Waals surface area contributed by atoms with Gasteiger partial charge in [-0.15, -0.1) is 0 Å². The van der Waals surface area contributed by atoms with E-state index in [4.69, 9.17) is 0 Å². The number of rotatable bonds is 3. The summed E-state index contributed by atoms with van der Waals surface area (Å²) in [5.74, 6) is 0.198. The van der Waals surface area contributed by atoms with Crippen LogP contribution in [0.5, 0.6) is 0 Å². The molecule has 0 radical (unpaired) electrons. The molecule has 4 aromatic rings. The predicted octanol–water partition coefficient (Wildman–Crippen LogP) is 3.32. The fourth-order valence-electron chi connectivity index (χ4n) is 4.10. The Labute approximate surface area is 156 Å². The number of aromatic amines is 1. The van der Waals surface area contributed by atoms with Gasteiger partial charge in [-0.3, -0.25) is 4.79 Å². The molecule has 0 spiro atoms. The molecule has 6 nitrogen and oxygen atoms in total. The maximum Gasteiger partial charge on any atom is 0.227 e. The molecule has 1 atom stereocenters. The van der Waals surface area contributed by atoms with Gasteiger partial charge in [-0.05, 0) is 24.5 Å². The van der Waals surface area contributed by atoms with Crippen molar-refractivity contribution in [2.75, 3.05) is 13.1 Å². The van der Waals surface area contributed by atoms with Gasteiger partial charge in [0, 0.05) is 24.7 Å². The highest BCUT2D eigenvalue weighted by atomic mass is 16.2. The summed E-state index contributed by atoms with van der Waals surface area (Å²) in [4.78, 5) is 26.9. The summed E-state index contributed by atoms with van der Waals surface area (Å²) < 4.78 is 2.23. The highest BCUT2D eigenvalue weighted by Crippen LogP contribution is 2.29. The van der Waals surface area contributed by atoms with Crippen molar-refractivity contribution >= 4 is 28.0 Å². The van der Waals surface area contributed by atoms with Crippen LogP contribution in [0, 0.1) is 0 Å². The Kier molecular flexibility index (Phi) is 3.89. The van der Waals surface area contributed by atoms with E-state index in [9.17, 15) is 4.79 Å². The van der Waals surface area contributed by atoms with E-state index in [0.29, 0.717) is 6.42 Å². The van der Waals surface area contributed by atoms with Gasteiger partial charge in [-0.1, -0.05) is 30.3 Å². The van der Waals surface area contributed by atoms with Crippen LogP contribution < -0.4 is 0 Å². The molecule has 4 heterocycles. The third kappa shape index (κ3) is 2.87. The number of aromatic nitrogens is 4. The van der Waals surface area contributed by atoms with Crippen LogP contribution in [0.15, 0.2) is 55.1 Å². The van der Waals surface area contributed by atoms with Crippen molar-refractivity contribution < 1.29 is 4.79 Å². The maximum atomic E-state index is 12.8. The van der Waals surface area contributed by atoms with Crippen LogP contribution in [0.3, 0.4) is 0 Å². The second-order valence-electron chi connectivity index (χ2n) is 7.18. The number of hydrogen-bond donors (Lipinski definition) is 1. The zero-order valence-electron chi connectivity index (χ0n) is 15.0. The van der Waals surface area contributed by atoms with Gasteiger partial charge >= 0.3 is 0 Å². The molecule has 6 heteroatoms. The molecular weight excluding hydrogens is 338 g/mol. The number of likely N-dealkylation sites (tertiary alicyclic amines) is 1. The van der Waals surface area contributed by atoms with E-state index in [2.05, 4.69) is 19.5 Å². The molecule has 1 aliphatic heterocycles. The van der Waals surface area contributed by atoms with Crippen molar-refractivity contribution in [2.45, 2.75) is 25.3 Å². The lowest BCUT2D eigenvalue weighted by Gasteiger charge is -2.34. The molecule has 136 valence electrons. The Morgan fingerprint density at radius 1 is 1.19 bits per heavy atom. The molecule has 3 aromatic heterocycles. The smallest absolute Gasteiger partial charge is 0.227 e. The average molecular weight is 359 g/mol. The van der Waals surface area contributed by atoms with E-state index in [1.54, 1.807) is 0 Å². The summed E-state index contributed by atoms with van der Waals surface area (Å²) in [7, 11) is 0. The number of amides is 1. The van der Waals surface area contributed by atoms with Gasteiger partial charge in [-0.25, -0.2) is 9.97 Å². The van der Waals surface area contributed by atoms with Crippen LogP contribution in [-0.2, 0) is 11.2 Å². The SMILES string of the molecule is O=C(Cc1ccccc1)N1CCC[C@@H](n2cnc3cnc4[nH]ccc4c32)C1. The van der Waals surface area contributed by atoms with Crippen LogP contribution in [0.25, 0.3) is 22.1 Å². The molecule has 0 bridgehead atoms. The zero-order chi connectivity index (χ0) is 18.2. The van der Waals surface area contributed by atoms with Gasteiger partial charge in [-0.2, -0.15) is 0 Å². The van der Waals surface area contributed by atoms with Crippen LogP contribution in [0.2, 0.25) is 0 Å². The standard InChI is InChI=1S/C21H21N5O/c27-19(11-15-5-2-1-3-6-15)25-10-4-7-16(13-25)26-14-24-18-12-23-21-17(20(18)26)8-9-22-21/h1-3,5-6,8-9,12,14,16H,4,7,10-11,13H2,(H,22,23)/t16-/m1/s1. The van der Waals surface area contributed by atoms with Gasteiger partial charge in [0.1, 0.15) is 11.2 Å². The van der Waals surface area contributed by atoms with Gasteiger partial charge in [0.05, 0.1) is 30.5 Å². The van der Waals surface area contributed by atoms with E-state index in [0.717, 1.165) is 53.6 Å². The average Bonchev–Trinajstić information content (AvgIpc) is 3.35. The zero-order valence-corrected chi connectivity index (χ0v) is 15.0. The molecule has 5 rings (SSSR count). The monoisotopic (exact) mass is 359 g/mol. The van der Waals surface area contributed by atoms with E-state index < -0.39 is 0 Å². The molecule has 1 N–H and O–H groups in total. The normalized spacial score (nSPS) is 17.6. The lowest BCUT2D eigenvalue weighted by molar-refractivity contribution is -0.132. The molecule has 1 amide bonds. The molecule has 1 aromatic carbocycles. The van der Waals surface area contributed by atoms with Crippen molar-refractivity contribution in [1.29, 1.82) is 0 Å². The quantitative estimate of drug-likeness (QED) is 0.610. The highest BCUT2D eigenvalue weighted by Gasteiger charge is 2.26. The molecule has 0 saturated carbocycles. The molecular formula is C21H21N5O. The Bertz CT molecular complexity index is 1100. The minimum absolute atomic E-state index is 0.198. The number of pyridine rings is 1. The van der Waals surface area contributed by atoms with Crippen molar-refractivity contribution in [2.24, 2.45) is 0 Å². The van der Waals surface area contributed by atoms with E-state index >= 15 is 0 Å². The maximum absolute atomic E-state index is 12.8. The predicted molar refractivity (Wildman–Crippen MR) is 104 cm³/mol. The number of carbonyl (C=O) groups is 1. The Balaban J connectivity index is 1.42. The van der Waals surface area contributed by atoms with E-state index in [-0.39, 0.29) is 11.9 Å². The Morgan fingerprint density at radius 2 is 2.07 bits per heavy atom. The first-order valence-corrected chi connectivity index (χ1v) is 9.40. The molecule has 1 aliphatic rings. The first-order valence-electron chi connectivity index (χ1n) is 9.40. The summed E-state index contributed by atoms with van der Waals surface area (Å²) in [5.41, 5.74) is 3.94. The summed E-state index contributed by atoms with van der Waals surface area (Å²) in [5, 5.41) is 1.08. The molecule has 27 heavy (non-hydrogen) atoms. The number of carbonyl (C=O) groups excluding carboxylic acids is 1. The van der Waals surface area contributed by atoms with E-state index in [1.807, 2.05) is 60.0 Å². The number of hydrogen-bond acceptors (Lipinski definition) is 3. The van der Waals surface area contributed by atoms with Gasteiger partial charge in [0.2, 0.25) is 5.91 Å². The van der Waals surface area contributed by atoms with Crippen molar-refractivity contribution in [1.82, 2.24) is 24.4 Å².